The third-order valence-electron chi connectivity index (χ3n) is 2.72. The monoisotopic (exact) mass is 278 g/mol. The number of aliphatic hydroxyl groups excluding tert-OH is 1. The molecular weight excluding hydrogens is 268 g/mol. The van der Waals surface area contributed by atoms with E-state index in [1.54, 1.807) is 0 Å². The highest BCUT2D eigenvalue weighted by atomic mass is 16.6. The van der Waals surface area contributed by atoms with Gasteiger partial charge < -0.3 is 15.2 Å². The molecule has 1 aromatic heterocycles. The molecule has 1 heterocycles. The molecule has 104 valence electrons. The van der Waals surface area contributed by atoms with Crippen molar-refractivity contribution >= 4 is 11.6 Å². The van der Waals surface area contributed by atoms with E-state index in [4.69, 9.17) is 0 Å². The summed E-state index contributed by atoms with van der Waals surface area (Å²) in [5.74, 6) is -0.369. The first-order valence-corrected chi connectivity index (χ1v) is 5.57. The molecule has 0 saturated carbocycles. The Morgan fingerprint density at radius 3 is 2.40 bits per heavy atom. The number of nitro groups is 2. The van der Waals surface area contributed by atoms with Gasteiger partial charge in [-0.2, -0.15) is 0 Å². The number of benzene rings is 1. The van der Waals surface area contributed by atoms with E-state index in [1.165, 1.54) is 41.2 Å². The Bertz CT molecular complexity index is 637. The number of aromatic nitrogens is 2. The van der Waals surface area contributed by atoms with E-state index in [0.29, 0.717) is 5.56 Å². The molecule has 0 bridgehead atoms. The van der Waals surface area contributed by atoms with Crippen LogP contribution in [0.1, 0.15) is 11.7 Å². The second-order valence-electron chi connectivity index (χ2n) is 4.00. The summed E-state index contributed by atoms with van der Waals surface area (Å²) in [6, 6.07) is 5.35. The van der Waals surface area contributed by atoms with E-state index in [-0.39, 0.29) is 18.2 Å². The second kappa shape index (κ2) is 5.45. The van der Waals surface area contributed by atoms with Gasteiger partial charge in [-0.3, -0.25) is 10.1 Å². The molecule has 9 nitrogen and oxygen atoms in total. The molecular formula is C11H10N4O5. The van der Waals surface area contributed by atoms with Crippen LogP contribution >= 0.6 is 0 Å². The predicted octanol–water partition coefficient (Wildman–Crippen LogP) is 1.43. The molecule has 1 aromatic carbocycles. The van der Waals surface area contributed by atoms with Gasteiger partial charge in [0.25, 0.3) is 5.69 Å². The van der Waals surface area contributed by atoms with Gasteiger partial charge in [-0.05, 0) is 22.6 Å². The van der Waals surface area contributed by atoms with Crippen LogP contribution in [0.5, 0.6) is 0 Å². The van der Waals surface area contributed by atoms with Crippen LogP contribution in [0.15, 0.2) is 36.7 Å². The smallest absolute Gasteiger partial charge is 0.390 e. The summed E-state index contributed by atoms with van der Waals surface area (Å²) in [4.78, 5) is 23.6. The lowest BCUT2D eigenvalue weighted by Gasteiger charge is -2.10. The van der Waals surface area contributed by atoms with Gasteiger partial charge in [0.15, 0.2) is 0 Å². The Morgan fingerprint density at radius 2 is 1.85 bits per heavy atom. The molecule has 1 atom stereocenters. The average Bonchev–Trinajstić information content (AvgIpc) is 2.87. The normalized spacial score (nSPS) is 12.1. The zero-order chi connectivity index (χ0) is 14.7. The third-order valence-corrected chi connectivity index (χ3v) is 2.72. The van der Waals surface area contributed by atoms with Crippen molar-refractivity contribution in [1.29, 1.82) is 0 Å². The van der Waals surface area contributed by atoms with Gasteiger partial charge in [0.2, 0.25) is 0 Å². The maximum Gasteiger partial charge on any atom is 0.434 e. The quantitative estimate of drug-likeness (QED) is 0.651. The molecule has 0 saturated heterocycles. The van der Waals surface area contributed by atoms with Crippen LogP contribution in [0, 0.1) is 20.2 Å². The standard InChI is InChI=1S/C11H10N4O5/c16-10(7-13-6-5-12-11(13)15(19)20)8-1-3-9(4-2-8)14(17)18/h1-6,10,16H,7H2. The maximum atomic E-state index is 10.7. The fraction of sp³-hybridized carbons (Fsp3) is 0.182. The molecule has 0 amide bonds. The summed E-state index contributed by atoms with van der Waals surface area (Å²) in [5, 5.41) is 31.2. The minimum absolute atomic E-state index is 0.0614. The molecule has 0 aliphatic rings. The van der Waals surface area contributed by atoms with E-state index < -0.39 is 16.0 Å². The van der Waals surface area contributed by atoms with Crippen LogP contribution in [-0.2, 0) is 6.54 Å². The molecule has 2 aromatic rings. The van der Waals surface area contributed by atoms with Gasteiger partial charge in [0.05, 0.1) is 4.92 Å². The van der Waals surface area contributed by atoms with Gasteiger partial charge in [0.1, 0.15) is 25.0 Å². The summed E-state index contributed by atoms with van der Waals surface area (Å²) in [7, 11) is 0. The molecule has 0 aliphatic heterocycles. The number of nitrogens with zero attached hydrogens (tertiary/aromatic N) is 4. The van der Waals surface area contributed by atoms with Crippen LogP contribution in [0.3, 0.4) is 0 Å². The lowest BCUT2D eigenvalue weighted by atomic mass is 10.1. The van der Waals surface area contributed by atoms with Crippen LogP contribution in [0.25, 0.3) is 0 Å². The zero-order valence-electron chi connectivity index (χ0n) is 10.1. The first-order valence-electron chi connectivity index (χ1n) is 5.57. The van der Waals surface area contributed by atoms with E-state index in [2.05, 4.69) is 4.98 Å². The van der Waals surface area contributed by atoms with Crippen molar-refractivity contribution in [2.45, 2.75) is 12.6 Å². The van der Waals surface area contributed by atoms with Crippen molar-refractivity contribution in [2.75, 3.05) is 0 Å². The Morgan fingerprint density at radius 1 is 1.20 bits per heavy atom. The zero-order valence-corrected chi connectivity index (χ0v) is 10.1. The summed E-state index contributed by atoms with van der Waals surface area (Å²) in [5.41, 5.74) is 0.341. The van der Waals surface area contributed by atoms with E-state index >= 15 is 0 Å². The third kappa shape index (κ3) is 2.78. The molecule has 1 N–H and O–H groups in total. The van der Waals surface area contributed by atoms with Crippen LogP contribution in [-0.4, -0.2) is 24.5 Å². The van der Waals surface area contributed by atoms with Crippen LogP contribution in [0.4, 0.5) is 11.6 Å². The number of non-ortho nitro benzene ring substituents is 1. The number of hydrogen-bond donors (Lipinski definition) is 1. The molecule has 1 unspecified atom stereocenters. The molecule has 2 rings (SSSR count). The van der Waals surface area contributed by atoms with Crippen LogP contribution < -0.4 is 0 Å². The van der Waals surface area contributed by atoms with E-state index in [9.17, 15) is 25.3 Å². The van der Waals surface area contributed by atoms with Crippen molar-refractivity contribution < 1.29 is 15.0 Å². The Kier molecular flexibility index (Phi) is 3.71. The van der Waals surface area contributed by atoms with Gasteiger partial charge in [-0.1, -0.05) is 4.98 Å². The molecule has 0 spiro atoms. The fourth-order valence-corrected chi connectivity index (χ4v) is 1.73. The molecule has 0 aliphatic carbocycles. The summed E-state index contributed by atoms with van der Waals surface area (Å²) in [6.45, 7) is -0.0614. The number of aliphatic hydroxyl groups is 1. The second-order valence-corrected chi connectivity index (χ2v) is 4.00. The summed E-state index contributed by atoms with van der Waals surface area (Å²) >= 11 is 0. The minimum atomic E-state index is -1.02. The Labute approximate surface area is 112 Å². The Hall–Kier alpha value is -2.81. The SMILES string of the molecule is O=[N+]([O-])c1ccc(C(O)Cn2ccnc2[N+](=O)[O-])cc1. The topological polar surface area (TPSA) is 124 Å². The predicted molar refractivity (Wildman–Crippen MR) is 66.9 cm³/mol. The molecule has 0 radical (unpaired) electrons. The average molecular weight is 278 g/mol. The van der Waals surface area contributed by atoms with E-state index in [1.807, 2.05) is 0 Å². The lowest BCUT2D eigenvalue weighted by Crippen LogP contribution is -2.10. The van der Waals surface area contributed by atoms with Crippen molar-refractivity contribution in [3.8, 4) is 0 Å². The van der Waals surface area contributed by atoms with Crippen molar-refractivity contribution in [3.63, 3.8) is 0 Å². The first-order chi connectivity index (χ1) is 9.49. The van der Waals surface area contributed by atoms with Gasteiger partial charge in [0, 0.05) is 12.1 Å². The van der Waals surface area contributed by atoms with Crippen molar-refractivity contribution in [2.24, 2.45) is 0 Å². The highest BCUT2D eigenvalue weighted by Crippen LogP contribution is 2.20. The molecule has 20 heavy (non-hydrogen) atoms. The first kappa shape index (κ1) is 13.6. The lowest BCUT2D eigenvalue weighted by molar-refractivity contribution is -0.397. The van der Waals surface area contributed by atoms with E-state index in [0.717, 1.165) is 0 Å². The van der Waals surface area contributed by atoms with Gasteiger partial charge >= 0.3 is 5.95 Å². The number of imidazole rings is 1. The van der Waals surface area contributed by atoms with Gasteiger partial charge in [-0.25, -0.2) is 4.57 Å². The molecule has 0 fully saturated rings. The highest BCUT2D eigenvalue weighted by molar-refractivity contribution is 5.33. The minimum Gasteiger partial charge on any atom is -0.390 e. The van der Waals surface area contributed by atoms with Crippen molar-refractivity contribution in [1.82, 2.24) is 9.55 Å². The fourth-order valence-electron chi connectivity index (χ4n) is 1.73. The number of hydrogen-bond acceptors (Lipinski definition) is 6. The summed E-state index contributed by atoms with van der Waals surface area (Å²) < 4.78 is 1.20. The molecule has 9 heteroatoms. The van der Waals surface area contributed by atoms with Crippen molar-refractivity contribution in [3.05, 3.63) is 62.5 Å². The number of nitro benzene ring substituents is 1. The van der Waals surface area contributed by atoms with Crippen LogP contribution in [0.2, 0.25) is 0 Å². The maximum absolute atomic E-state index is 10.7. The van der Waals surface area contributed by atoms with Gasteiger partial charge in [-0.15, -0.1) is 0 Å². The Balaban J connectivity index is 2.15. The summed E-state index contributed by atoms with van der Waals surface area (Å²) in [6.07, 6.45) is 1.62. The largest absolute Gasteiger partial charge is 0.434 e. The highest BCUT2D eigenvalue weighted by Gasteiger charge is 2.19. The number of rotatable bonds is 5.